The number of rotatable bonds is 3. The third-order valence-electron chi connectivity index (χ3n) is 5.06. The van der Waals surface area contributed by atoms with E-state index in [4.69, 9.17) is 9.15 Å². The second-order valence-electron chi connectivity index (χ2n) is 6.60. The number of carbonyl (C=O) groups is 1. The highest BCUT2D eigenvalue weighted by molar-refractivity contribution is 6.16. The summed E-state index contributed by atoms with van der Waals surface area (Å²) in [5, 5.41) is 1.48. The van der Waals surface area contributed by atoms with Gasteiger partial charge >= 0.3 is 11.6 Å². The van der Waals surface area contributed by atoms with Crippen LogP contribution in [0.5, 0.6) is 0 Å². The molecule has 0 atom stereocenters. The first-order valence-electron chi connectivity index (χ1n) is 8.95. The van der Waals surface area contributed by atoms with Gasteiger partial charge in [-0.1, -0.05) is 37.5 Å². The molecule has 1 aliphatic carbocycles. The van der Waals surface area contributed by atoms with E-state index < -0.39 is 11.6 Å². The van der Waals surface area contributed by atoms with Gasteiger partial charge in [-0.3, -0.25) is 0 Å². The number of aromatic amines is 1. The third-order valence-corrected chi connectivity index (χ3v) is 5.06. The van der Waals surface area contributed by atoms with Crippen molar-refractivity contribution < 1.29 is 13.9 Å². The Hall–Kier alpha value is -2.56. The Kier molecular flexibility index (Phi) is 4.07. The van der Waals surface area contributed by atoms with Gasteiger partial charge in [-0.2, -0.15) is 0 Å². The fourth-order valence-corrected chi connectivity index (χ4v) is 3.94. The summed E-state index contributed by atoms with van der Waals surface area (Å²) in [5.74, 6) is 0.181. The van der Waals surface area contributed by atoms with Gasteiger partial charge in [-0.05, 0) is 25.8 Å². The smallest absolute Gasteiger partial charge is 0.360 e. The van der Waals surface area contributed by atoms with Crippen LogP contribution in [0.2, 0.25) is 0 Å². The molecule has 0 spiro atoms. The first kappa shape index (κ1) is 15.9. The monoisotopic (exact) mass is 339 g/mol. The highest BCUT2D eigenvalue weighted by Crippen LogP contribution is 2.38. The van der Waals surface area contributed by atoms with Gasteiger partial charge in [0, 0.05) is 22.2 Å². The van der Waals surface area contributed by atoms with E-state index in [0.717, 1.165) is 36.6 Å². The normalized spacial score (nSPS) is 15.7. The number of nitrogens with one attached hydrogen (secondary N) is 1. The number of fused-ring (bicyclic) bond motifs is 3. The summed E-state index contributed by atoms with van der Waals surface area (Å²) >= 11 is 0. The molecule has 1 saturated carbocycles. The minimum Gasteiger partial charge on any atom is -0.462 e. The first-order chi connectivity index (χ1) is 12.2. The van der Waals surface area contributed by atoms with Crippen LogP contribution in [0.3, 0.4) is 0 Å². The summed E-state index contributed by atoms with van der Waals surface area (Å²) in [7, 11) is 0. The maximum absolute atomic E-state index is 12.8. The van der Waals surface area contributed by atoms with Gasteiger partial charge in [0.05, 0.1) is 6.61 Å². The second kappa shape index (κ2) is 6.39. The molecule has 0 radical (unpaired) electrons. The lowest BCUT2D eigenvalue weighted by Crippen LogP contribution is -2.17. The van der Waals surface area contributed by atoms with Crippen LogP contribution in [0.25, 0.3) is 21.8 Å². The van der Waals surface area contributed by atoms with Crippen LogP contribution in [0.1, 0.15) is 61.1 Å². The number of para-hydroxylation sites is 1. The van der Waals surface area contributed by atoms with Gasteiger partial charge in [0.2, 0.25) is 0 Å². The van der Waals surface area contributed by atoms with Crippen molar-refractivity contribution in [1.82, 2.24) is 4.98 Å². The topological polar surface area (TPSA) is 72.3 Å². The average molecular weight is 339 g/mol. The van der Waals surface area contributed by atoms with E-state index in [-0.39, 0.29) is 12.5 Å². The first-order valence-corrected chi connectivity index (χ1v) is 8.95. The lowest BCUT2D eigenvalue weighted by atomic mass is 9.85. The summed E-state index contributed by atoms with van der Waals surface area (Å²) in [4.78, 5) is 28.5. The minimum absolute atomic E-state index is 0.0962. The molecule has 2 aromatic heterocycles. The zero-order chi connectivity index (χ0) is 17.4. The van der Waals surface area contributed by atoms with E-state index in [1.165, 1.54) is 6.42 Å². The minimum atomic E-state index is -0.417. The summed E-state index contributed by atoms with van der Waals surface area (Å²) in [6.45, 7) is 2.07. The Bertz CT molecular complexity index is 992. The fourth-order valence-electron chi connectivity index (χ4n) is 3.94. The molecule has 1 fully saturated rings. The van der Waals surface area contributed by atoms with Crippen molar-refractivity contribution in [2.45, 2.75) is 44.9 Å². The fraction of sp³-hybridized carbons (Fsp3) is 0.400. The van der Waals surface area contributed by atoms with Crippen LogP contribution in [0.4, 0.5) is 0 Å². The van der Waals surface area contributed by atoms with Crippen molar-refractivity contribution in [3.05, 3.63) is 46.0 Å². The number of H-pyrrole nitrogens is 1. The number of hydrogen-bond acceptors (Lipinski definition) is 4. The van der Waals surface area contributed by atoms with Crippen molar-refractivity contribution >= 4 is 27.8 Å². The molecule has 5 nitrogen and oxygen atoms in total. The molecule has 130 valence electrons. The number of ether oxygens (including phenoxy) is 1. The lowest BCUT2D eigenvalue weighted by molar-refractivity contribution is 0.0522. The largest absolute Gasteiger partial charge is 0.462 e. The molecule has 1 N–H and O–H groups in total. The molecule has 0 unspecified atom stereocenters. The highest BCUT2D eigenvalue weighted by Gasteiger charge is 2.29. The van der Waals surface area contributed by atoms with Gasteiger partial charge in [0.15, 0.2) is 0 Å². The summed E-state index contributed by atoms with van der Waals surface area (Å²) in [6.07, 6.45) is 5.22. The molecule has 3 aromatic rings. The van der Waals surface area contributed by atoms with Crippen molar-refractivity contribution in [3.63, 3.8) is 0 Å². The molecule has 2 heterocycles. The lowest BCUT2D eigenvalue weighted by Gasteiger charge is -2.22. The summed E-state index contributed by atoms with van der Waals surface area (Å²) < 4.78 is 11.0. The van der Waals surface area contributed by atoms with E-state index in [9.17, 15) is 9.59 Å². The molecule has 0 amide bonds. The van der Waals surface area contributed by atoms with Crippen LogP contribution in [0, 0.1) is 0 Å². The molecule has 0 saturated heterocycles. The van der Waals surface area contributed by atoms with Crippen LogP contribution >= 0.6 is 0 Å². The number of esters is 1. The summed E-state index contributed by atoms with van der Waals surface area (Å²) in [6, 6.07) is 7.61. The SMILES string of the molecule is CCOC(=O)c1c(C2CCCCC2)oc(=O)c2[nH]c3ccccc3c12. The van der Waals surface area contributed by atoms with E-state index in [1.807, 2.05) is 24.3 Å². The zero-order valence-corrected chi connectivity index (χ0v) is 14.3. The van der Waals surface area contributed by atoms with Crippen LogP contribution in [-0.4, -0.2) is 17.6 Å². The molecule has 0 aliphatic heterocycles. The molecular formula is C20H21NO4. The van der Waals surface area contributed by atoms with Crippen molar-refractivity contribution in [2.75, 3.05) is 6.61 Å². The zero-order valence-electron chi connectivity index (χ0n) is 14.3. The maximum Gasteiger partial charge on any atom is 0.360 e. The molecule has 4 rings (SSSR count). The Morgan fingerprint density at radius 2 is 2.00 bits per heavy atom. The molecule has 0 bridgehead atoms. The average Bonchev–Trinajstić information content (AvgIpc) is 3.03. The third kappa shape index (κ3) is 2.64. The predicted molar refractivity (Wildman–Crippen MR) is 96.1 cm³/mol. The standard InChI is InChI=1S/C20H21NO4/c1-2-24-19(22)16-15-13-10-6-7-11-14(13)21-17(15)20(23)25-18(16)12-8-4-3-5-9-12/h6-7,10-12,21H,2-5,8-9H2,1H3. The second-order valence-corrected chi connectivity index (χ2v) is 6.60. The van der Waals surface area contributed by atoms with E-state index in [2.05, 4.69) is 4.98 Å². The Morgan fingerprint density at radius 3 is 2.76 bits per heavy atom. The van der Waals surface area contributed by atoms with Crippen LogP contribution < -0.4 is 5.63 Å². The maximum atomic E-state index is 12.8. The van der Waals surface area contributed by atoms with Crippen LogP contribution in [0.15, 0.2) is 33.5 Å². The van der Waals surface area contributed by atoms with Crippen molar-refractivity contribution in [2.24, 2.45) is 0 Å². The predicted octanol–water partition coefficient (Wildman–Crippen LogP) is 4.50. The quantitative estimate of drug-likeness (QED) is 0.713. The van der Waals surface area contributed by atoms with Crippen LogP contribution in [-0.2, 0) is 4.74 Å². The number of aromatic nitrogens is 1. The molecular weight excluding hydrogens is 318 g/mol. The van der Waals surface area contributed by atoms with Gasteiger partial charge in [0.25, 0.3) is 0 Å². The molecule has 25 heavy (non-hydrogen) atoms. The molecule has 1 aliphatic rings. The number of carbonyl (C=O) groups excluding carboxylic acids is 1. The number of benzene rings is 1. The van der Waals surface area contributed by atoms with E-state index in [0.29, 0.717) is 22.2 Å². The van der Waals surface area contributed by atoms with Gasteiger partial charge in [-0.15, -0.1) is 0 Å². The molecule has 5 heteroatoms. The van der Waals surface area contributed by atoms with Gasteiger partial charge in [0.1, 0.15) is 16.8 Å². The molecule has 1 aromatic carbocycles. The van der Waals surface area contributed by atoms with Crippen molar-refractivity contribution in [1.29, 1.82) is 0 Å². The highest BCUT2D eigenvalue weighted by atomic mass is 16.5. The Labute approximate surface area is 145 Å². The number of hydrogen-bond donors (Lipinski definition) is 1. The van der Waals surface area contributed by atoms with Gasteiger partial charge in [-0.25, -0.2) is 9.59 Å². The van der Waals surface area contributed by atoms with Crippen molar-refractivity contribution in [3.8, 4) is 0 Å². The van der Waals surface area contributed by atoms with E-state index in [1.54, 1.807) is 6.92 Å². The van der Waals surface area contributed by atoms with Gasteiger partial charge < -0.3 is 14.1 Å². The Morgan fingerprint density at radius 1 is 1.24 bits per heavy atom. The Balaban J connectivity index is 2.06. The van der Waals surface area contributed by atoms with E-state index >= 15 is 0 Å². The summed E-state index contributed by atoms with van der Waals surface area (Å²) in [5.41, 5.74) is 1.15.